The molecule has 0 aliphatic carbocycles. The molecular formula is C14H18N4S2. The monoisotopic (exact) mass is 306 g/mol. The molecule has 2 N–H and O–H groups in total. The van der Waals surface area contributed by atoms with Crippen molar-refractivity contribution in [3.05, 3.63) is 39.7 Å². The second-order valence-corrected chi connectivity index (χ2v) is 6.79. The Hall–Kier alpha value is -1.37. The zero-order valence-electron chi connectivity index (χ0n) is 11.6. The van der Waals surface area contributed by atoms with Gasteiger partial charge in [-0.15, -0.1) is 22.7 Å². The molecule has 106 valence electrons. The minimum Gasteiger partial charge on any atom is -0.355 e. The minimum atomic E-state index is 0.392. The van der Waals surface area contributed by atoms with Crippen LogP contribution in [0, 0.1) is 0 Å². The number of rotatable bonds is 5. The summed E-state index contributed by atoms with van der Waals surface area (Å²) in [5.41, 5.74) is 7.00. The number of anilines is 1. The molecule has 0 spiro atoms. The molecule has 1 unspecified atom stereocenters. The molecule has 3 rings (SSSR count). The van der Waals surface area contributed by atoms with Gasteiger partial charge in [0.15, 0.2) is 10.8 Å². The smallest absolute Gasteiger partial charge is 0.195 e. The Balaban J connectivity index is 1.87. The van der Waals surface area contributed by atoms with Crippen LogP contribution in [0.4, 0.5) is 5.82 Å². The number of fused-ring (bicyclic) bond motifs is 1. The van der Waals surface area contributed by atoms with E-state index < -0.39 is 0 Å². The molecule has 0 amide bonds. The molecule has 1 atom stereocenters. The Morgan fingerprint density at radius 1 is 1.40 bits per heavy atom. The van der Waals surface area contributed by atoms with Crippen molar-refractivity contribution in [2.24, 2.45) is 5.73 Å². The Labute approximate surface area is 126 Å². The molecule has 0 aliphatic rings. The number of imidazole rings is 1. The van der Waals surface area contributed by atoms with E-state index in [0.29, 0.717) is 12.6 Å². The number of likely N-dealkylation sites (N-methyl/N-ethyl adjacent to an activating group) is 1. The van der Waals surface area contributed by atoms with Crippen molar-refractivity contribution in [2.45, 2.75) is 25.9 Å². The Morgan fingerprint density at radius 3 is 2.95 bits per heavy atom. The summed E-state index contributed by atoms with van der Waals surface area (Å²) in [7, 11) is 2.10. The van der Waals surface area contributed by atoms with E-state index >= 15 is 0 Å². The molecule has 0 saturated carbocycles. The highest BCUT2D eigenvalue weighted by molar-refractivity contribution is 7.15. The Morgan fingerprint density at radius 2 is 2.25 bits per heavy atom. The third-order valence-corrected chi connectivity index (χ3v) is 5.26. The molecule has 4 nitrogen and oxygen atoms in total. The maximum Gasteiger partial charge on any atom is 0.195 e. The molecule has 0 saturated heterocycles. The normalized spacial score (nSPS) is 12.9. The Bertz CT molecular complexity index is 683. The second-order valence-electron chi connectivity index (χ2n) is 4.89. The average Bonchev–Trinajstić information content (AvgIpc) is 3.13. The predicted octanol–water partition coefficient (Wildman–Crippen LogP) is 2.98. The van der Waals surface area contributed by atoms with E-state index in [-0.39, 0.29) is 0 Å². The van der Waals surface area contributed by atoms with Crippen LogP contribution in [0.1, 0.15) is 17.5 Å². The first kappa shape index (κ1) is 13.6. The van der Waals surface area contributed by atoms with Gasteiger partial charge in [-0.3, -0.25) is 4.40 Å². The molecule has 20 heavy (non-hydrogen) atoms. The summed E-state index contributed by atoms with van der Waals surface area (Å²) >= 11 is 3.45. The van der Waals surface area contributed by atoms with Crippen LogP contribution in [-0.2, 0) is 13.0 Å². The van der Waals surface area contributed by atoms with Crippen molar-refractivity contribution in [1.82, 2.24) is 9.38 Å². The molecule has 6 heteroatoms. The van der Waals surface area contributed by atoms with Gasteiger partial charge in [0.1, 0.15) is 0 Å². The van der Waals surface area contributed by atoms with E-state index in [4.69, 9.17) is 10.7 Å². The molecule has 3 aromatic rings. The number of hydrogen-bond acceptors (Lipinski definition) is 5. The summed E-state index contributed by atoms with van der Waals surface area (Å²) in [6.45, 7) is 2.73. The minimum absolute atomic E-state index is 0.392. The van der Waals surface area contributed by atoms with Gasteiger partial charge < -0.3 is 10.6 Å². The van der Waals surface area contributed by atoms with Crippen molar-refractivity contribution in [3.63, 3.8) is 0 Å². The summed E-state index contributed by atoms with van der Waals surface area (Å²) in [6, 6.07) is 4.68. The van der Waals surface area contributed by atoms with Crippen LogP contribution in [0.15, 0.2) is 29.1 Å². The first-order chi connectivity index (χ1) is 9.70. The van der Waals surface area contributed by atoms with Gasteiger partial charge in [0.05, 0.1) is 5.69 Å². The fraction of sp³-hybridized carbons (Fsp3) is 0.357. The van der Waals surface area contributed by atoms with Gasteiger partial charge in [0.2, 0.25) is 0 Å². The van der Waals surface area contributed by atoms with Crippen molar-refractivity contribution in [3.8, 4) is 0 Å². The number of nitrogens with two attached hydrogens (primary N) is 1. The van der Waals surface area contributed by atoms with E-state index in [9.17, 15) is 0 Å². The van der Waals surface area contributed by atoms with Crippen LogP contribution in [0.2, 0.25) is 0 Å². The molecule has 3 aromatic heterocycles. The van der Waals surface area contributed by atoms with E-state index in [1.165, 1.54) is 4.88 Å². The van der Waals surface area contributed by atoms with Crippen molar-refractivity contribution in [2.75, 3.05) is 11.9 Å². The molecule has 0 aromatic carbocycles. The lowest BCUT2D eigenvalue weighted by molar-refractivity contribution is 0.678. The molecule has 0 aliphatic heterocycles. The van der Waals surface area contributed by atoms with Crippen LogP contribution in [0.5, 0.6) is 0 Å². The third-order valence-electron chi connectivity index (χ3n) is 3.61. The van der Waals surface area contributed by atoms with Crippen LogP contribution in [0.25, 0.3) is 4.96 Å². The van der Waals surface area contributed by atoms with Gasteiger partial charge in [-0.2, -0.15) is 0 Å². The predicted molar refractivity (Wildman–Crippen MR) is 86.8 cm³/mol. The first-order valence-electron chi connectivity index (χ1n) is 6.60. The molecular weight excluding hydrogens is 288 g/mol. The molecule has 3 heterocycles. The van der Waals surface area contributed by atoms with Gasteiger partial charge in [0, 0.05) is 42.5 Å². The summed E-state index contributed by atoms with van der Waals surface area (Å²) in [4.78, 5) is 9.37. The maximum atomic E-state index is 5.91. The van der Waals surface area contributed by atoms with Gasteiger partial charge in [-0.1, -0.05) is 6.07 Å². The number of thiazole rings is 1. The van der Waals surface area contributed by atoms with Gasteiger partial charge in [-0.25, -0.2) is 4.98 Å². The van der Waals surface area contributed by atoms with Crippen LogP contribution in [-0.4, -0.2) is 22.5 Å². The standard InChI is InChI=1S/C14H18N4S2/c1-10(8-11-4-3-6-19-11)17(2)13-12(9-15)18-5-7-20-14(18)16-13/h3-7,10H,8-9,15H2,1-2H3. The van der Waals surface area contributed by atoms with E-state index in [1.54, 1.807) is 22.7 Å². The van der Waals surface area contributed by atoms with Crippen molar-refractivity contribution >= 4 is 33.5 Å². The number of aromatic nitrogens is 2. The topological polar surface area (TPSA) is 46.6 Å². The van der Waals surface area contributed by atoms with Crippen LogP contribution < -0.4 is 10.6 Å². The number of hydrogen-bond donors (Lipinski definition) is 1. The highest BCUT2D eigenvalue weighted by atomic mass is 32.1. The molecule has 0 bridgehead atoms. The lowest BCUT2D eigenvalue weighted by Gasteiger charge is -2.25. The van der Waals surface area contributed by atoms with Gasteiger partial charge in [-0.05, 0) is 18.4 Å². The fourth-order valence-corrected chi connectivity index (χ4v) is 3.91. The van der Waals surface area contributed by atoms with Crippen molar-refractivity contribution < 1.29 is 0 Å². The lowest BCUT2D eigenvalue weighted by atomic mass is 10.2. The number of nitrogens with zero attached hydrogens (tertiary/aromatic N) is 3. The van der Waals surface area contributed by atoms with Crippen LogP contribution in [0.3, 0.4) is 0 Å². The Kier molecular flexibility index (Phi) is 3.78. The van der Waals surface area contributed by atoms with Gasteiger partial charge in [0.25, 0.3) is 0 Å². The van der Waals surface area contributed by atoms with E-state index in [1.807, 2.05) is 11.6 Å². The SMILES string of the molecule is CC(Cc1cccs1)N(C)c1nc2sccn2c1CN. The average molecular weight is 306 g/mol. The maximum absolute atomic E-state index is 5.91. The second kappa shape index (κ2) is 5.55. The van der Waals surface area contributed by atoms with Crippen LogP contribution >= 0.6 is 22.7 Å². The van der Waals surface area contributed by atoms with Crippen molar-refractivity contribution in [1.29, 1.82) is 0 Å². The fourth-order valence-electron chi connectivity index (χ4n) is 2.36. The highest BCUT2D eigenvalue weighted by Crippen LogP contribution is 2.26. The zero-order chi connectivity index (χ0) is 14.1. The highest BCUT2D eigenvalue weighted by Gasteiger charge is 2.19. The quantitative estimate of drug-likeness (QED) is 0.788. The van der Waals surface area contributed by atoms with E-state index in [2.05, 4.69) is 40.8 Å². The van der Waals surface area contributed by atoms with E-state index in [0.717, 1.165) is 22.9 Å². The van der Waals surface area contributed by atoms with Gasteiger partial charge >= 0.3 is 0 Å². The summed E-state index contributed by atoms with van der Waals surface area (Å²) in [6.07, 6.45) is 3.07. The third kappa shape index (κ3) is 2.34. The first-order valence-corrected chi connectivity index (χ1v) is 8.36. The molecule has 0 radical (unpaired) electrons. The lowest BCUT2D eigenvalue weighted by Crippen LogP contribution is -2.31. The largest absolute Gasteiger partial charge is 0.355 e. The summed E-state index contributed by atoms with van der Waals surface area (Å²) in [5.74, 6) is 1.00. The summed E-state index contributed by atoms with van der Waals surface area (Å²) < 4.78 is 2.09. The molecule has 0 fully saturated rings. The zero-order valence-corrected chi connectivity index (χ0v) is 13.2. The number of thiophene rings is 1. The summed E-state index contributed by atoms with van der Waals surface area (Å²) in [5, 5.41) is 4.17.